The van der Waals surface area contributed by atoms with E-state index in [9.17, 15) is 17.6 Å². The molecule has 1 aromatic heterocycles. The van der Waals surface area contributed by atoms with Gasteiger partial charge in [0.1, 0.15) is 11.6 Å². The Bertz CT molecular complexity index is 997. The molecule has 0 aliphatic carbocycles. The lowest BCUT2D eigenvalue weighted by Gasteiger charge is -2.38. The minimum absolute atomic E-state index is 0.0476. The van der Waals surface area contributed by atoms with Crippen LogP contribution in [0.2, 0.25) is 0 Å². The highest BCUT2D eigenvalue weighted by molar-refractivity contribution is 7.89. The minimum atomic E-state index is -3.77. The molecule has 2 aliphatic rings. The summed E-state index contributed by atoms with van der Waals surface area (Å²) >= 11 is 0. The van der Waals surface area contributed by atoms with Crippen LogP contribution in [-0.4, -0.2) is 72.8 Å². The maximum atomic E-state index is 13.4. The van der Waals surface area contributed by atoms with Crippen LogP contribution in [0.15, 0.2) is 47.8 Å². The van der Waals surface area contributed by atoms with E-state index in [0.717, 1.165) is 31.3 Å². The molecule has 8 nitrogen and oxygen atoms in total. The van der Waals surface area contributed by atoms with Gasteiger partial charge in [-0.3, -0.25) is 9.78 Å². The first-order valence-electron chi connectivity index (χ1n) is 10.0. The second-order valence-corrected chi connectivity index (χ2v) is 9.47. The van der Waals surface area contributed by atoms with Crippen LogP contribution in [0.4, 0.5) is 10.2 Å². The molecule has 160 valence electrons. The molecule has 30 heavy (non-hydrogen) atoms. The van der Waals surface area contributed by atoms with Crippen LogP contribution in [0.1, 0.15) is 12.8 Å². The Morgan fingerprint density at radius 2 is 1.90 bits per heavy atom. The summed E-state index contributed by atoms with van der Waals surface area (Å²) in [6.07, 6.45) is 6.65. The Morgan fingerprint density at radius 3 is 2.60 bits per heavy atom. The summed E-state index contributed by atoms with van der Waals surface area (Å²) in [6, 6.07) is 5.01. The number of amides is 1. The lowest BCUT2D eigenvalue weighted by molar-refractivity contribution is -0.137. The highest BCUT2D eigenvalue weighted by Gasteiger charge is 2.34. The molecule has 0 spiro atoms. The molecular weight excluding hydrogens is 409 g/mol. The Labute approximate surface area is 175 Å². The van der Waals surface area contributed by atoms with Crippen molar-refractivity contribution in [2.45, 2.75) is 17.7 Å². The van der Waals surface area contributed by atoms with E-state index in [-0.39, 0.29) is 29.8 Å². The molecular formula is C20H24FN5O3S. The number of aromatic nitrogens is 2. The highest BCUT2D eigenvalue weighted by Crippen LogP contribution is 2.24. The van der Waals surface area contributed by atoms with Gasteiger partial charge in [0, 0.05) is 51.7 Å². The number of anilines is 1. The Morgan fingerprint density at radius 1 is 1.10 bits per heavy atom. The monoisotopic (exact) mass is 433 g/mol. The van der Waals surface area contributed by atoms with E-state index in [1.165, 1.54) is 22.5 Å². The van der Waals surface area contributed by atoms with E-state index in [1.54, 1.807) is 23.5 Å². The smallest absolute Gasteiger partial charge is 0.243 e. The fraction of sp³-hybridized carbons (Fsp3) is 0.450. The SMILES string of the molecule is O=C(C1CCCN(c2cnccn2)C1)N1CCN(S(=O)(=O)c2cccc(F)c2)CC1. The molecule has 2 aliphatic heterocycles. The van der Waals surface area contributed by atoms with Crippen molar-refractivity contribution in [2.75, 3.05) is 44.2 Å². The largest absolute Gasteiger partial charge is 0.355 e. The number of piperazine rings is 1. The number of carbonyl (C=O) groups is 1. The van der Waals surface area contributed by atoms with Crippen LogP contribution in [0, 0.1) is 11.7 Å². The van der Waals surface area contributed by atoms with Gasteiger partial charge in [0.15, 0.2) is 0 Å². The molecule has 0 N–H and O–H groups in total. The van der Waals surface area contributed by atoms with Gasteiger partial charge in [-0.05, 0) is 31.0 Å². The number of halogens is 1. The second kappa shape index (κ2) is 8.65. The maximum Gasteiger partial charge on any atom is 0.243 e. The molecule has 2 fully saturated rings. The first-order chi connectivity index (χ1) is 14.4. The summed E-state index contributed by atoms with van der Waals surface area (Å²) in [6.45, 7) is 2.47. The van der Waals surface area contributed by atoms with Crippen molar-refractivity contribution >= 4 is 21.7 Å². The lowest BCUT2D eigenvalue weighted by Crippen LogP contribution is -2.53. The van der Waals surface area contributed by atoms with Crippen molar-refractivity contribution in [2.24, 2.45) is 5.92 Å². The Balaban J connectivity index is 1.37. The molecule has 0 saturated carbocycles. The first-order valence-corrected chi connectivity index (χ1v) is 11.4. The fourth-order valence-corrected chi connectivity index (χ4v) is 5.48. The average Bonchev–Trinajstić information content (AvgIpc) is 2.79. The molecule has 1 amide bonds. The van der Waals surface area contributed by atoms with Gasteiger partial charge in [-0.1, -0.05) is 6.07 Å². The predicted octanol–water partition coefficient (Wildman–Crippen LogP) is 1.37. The third-order valence-corrected chi connectivity index (χ3v) is 7.52. The summed E-state index contributed by atoms with van der Waals surface area (Å²) in [5, 5.41) is 0. The van der Waals surface area contributed by atoms with E-state index in [2.05, 4.69) is 14.9 Å². The first kappa shape index (κ1) is 20.7. The number of carbonyl (C=O) groups excluding carboxylic acids is 1. The summed E-state index contributed by atoms with van der Waals surface area (Å²) in [4.78, 5) is 25.2. The fourth-order valence-electron chi connectivity index (χ4n) is 4.02. The Kier molecular flexibility index (Phi) is 5.96. The van der Waals surface area contributed by atoms with Gasteiger partial charge in [-0.15, -0.1) is 0 Å². The number of hydrogen-bond donors (Lipinski definition) is 0. The van der Waals surface area contributed by atoms with E-state index in [0.29, 0.717) is 19.6 Å². The van der Waals surface area contributed by atoms with Crippen molar-refractivity contribution in [3.05, 3.63) is 48.7 Å². The van der Waals surface area contributed by atoms with Crippen LogP contribution in [-0.2, 0) is 14.8 Å². The van der Waals surface area contributed by atoms with Gasteiger partial charge >= 0.3 is 0 Å². The summed E-state index contributed by atoms with van der Waals surface area (Å²) < 4.78 is 40.3. The molecule has 10 heteroatoms. The van der Waals surface area contributed by atoms with Crippen molar-refractivity contribution in [1.29, 1.82) is 0 Å². The van der Waals surface area contributed by atoms with Gasteiger partial charge in [0.2, 0.25) is 15.9 Å². The molecule has 3 heterocycles. The van der Waals surface area contributed by atoms with E-state index >= 15 is 0 Å². The van der Waals surface area contributed by atoms with Crippen LogP contribution < -0.4 is 4.90 Å². The third-order valence-electron chi connectivity index (χ3n) is 5.63. The van der Waals surface area contributed by atoms with Gasteiger partial charge < -0.3 is 9.80 Å². The number of hydrogen-bond acceptors (Lipinski definition) is 6. The molecule has 1 atom stereocenters. The van der Waals surface area contributed by atoms with E-state index in [1.807, 2.05) is 0 Å². The number of piperidine rings is 1. The number of benzene rings is 1. The van der Waals surface area contributed by atoms with Crippen LogP contribution >= 0.6 is 0 Å². The maximum absolute atomic E-state index is 13.4. The van der Waals surface area contributed by atoms with Gasteiger partial charge in [0.25, 0.3) is 0 Å². The Hall–Kier alpha value is -2.59. The van der Waals surface area contributed by atoms with E-state index in [4.69, 9.17) is 0 Å². The van der Waals surface area contributed by atoms with E-state index < -0.39 is 15.8 Å². The molecule has 0 bridgehead atoms. The van der Waals surface area contributed by atoms with Crippen LogP contribution in [0.25, 0.3) is 0 Å². The molecule has 4 rings (SSSR count). The number of nitrogens with zero attached hydrogens (tertiary/aromatic N) is 5. The summed E-state index contributed by atoms with van der Waals surface area (Å²) in [5.41, 5.74) is 0. The van der Waals surface area contributed by atoms with Crippen molar-refractivity contribution in [3.8, 4) is 0 Å². The summed E-state index contributed by atoms with van der Waals surface area (Å²) in [5.74, 6) is 0.0781. The summed E-state index contributed by atoms with van der Waals surface area (Å²) in [7, 11) is -3.77. The van der Waals surface area contributed by atoms with Gasteiger partial charge in [0.05, 0.1) is 17.0 Å². The van der Waals surface area contributed by atoms with Crippen LogP contribution in [0.3, 0.4) is 0 Å². The zero-order valence-corrected chi connectivity index (χ0v) is 17.3. The van der Waals surface area contributed by atoms with Crippen molar-refractivity contribution in [1.82, 2.24) is 19.2 Å². The molecule has 1 aromatic carbocycles. The molecule has 2 aromatic rings. The molecule has 0 radical (unpaired) electrons. The van der Waals surface area contributed by atoms with Crippen molar-refractivity contribution < 1.29 is 17.6 Å². The van der Waals surface area contributed by atoms with Gasteiger partial charge in [-0.25, -0.2) is 17.8 Å². The number of rotatable bonds is 4. The zero-order chi connectivity index (χ0) is 21.1. The lowest BCUT2D eigenvalue weighted by atomic mass is 9.96. The average molecular weight is 434 g/mol. The normalized spacial score (nSPS) is 20.9. The van der Waals surface area contributed by atoms with Crippen molar-refractivity contribution in [3.63, 3.8) is 0 Å². The second-order valence-electron chi connectivity index (χ2n) is 7.54. The zero-order valence-electron chi connectivity index (χ0n) is 16.5. The predicted molar refractivity (Wildman–Crippen MR) is 109 cm³/mol. The third kappa shape index (κ3) is 4.29. The standard InChI is InChI=1S/C20H24FN5O3S/c21-17-4-1-5-18(13-17)30(28,29)26-11-9-24(10-12-26)20(27)16-3-2-8-25(15-16)19-14-22-6-7-23-19/h1,4-7,13-14,16H,2-3,8-12,15H2. The van der Waals surface area contributed by atoms with Crippen LogP contribution in [0.5, 0.6) is 0 Å². The topological polar surface area (TPSA) is 86.7 Å². The van der Waals surface area contributed by atoms with Gasteiger partial charge in [-0.2, -0.15) is 4.31 Å². The highest BCUT2D eigenvalue weighted by atomic mass is 32.2. The minimum Gasteiger partial charge on any atom is -0.355 e. The molecule has 1 unspecified atom stereocenters. The number of sulfonamides is 1. The quantitative estimate of drug-likeness (QED) is 0.724. The molecule has 2 saturated heterocycles.